The predicted molar refractivity (Wildman–Crippen MR) is 87.9 cm³/mol. The number of pyridine rings is 1. The quantitative estimate of drug-likeness (QED) is 0.917. The van der Waals surface area contributed by atoms with Gasteiger partial charge >= 0.3 is 0 Å². The van der Waals surface area contributed by atoms with E-state index in [0.717, 1.165) is 44.8 Å². The molecule has 1 N–H and O–H groups in total. The van der Waals surface area contributed by atoms with Crippen LogP contribution in [0.4, 0.5) is 0 Å². The van der Waals surface area contributed by atoms with E-state index in [1.165, 1.54) is 0 Å². The molecule has 0 unspecified atom stereocenters. The molecule has 4 rings (SSSR count). The highest BCUT2D eigenvalue weighted by molar-refractivity contribution is 6.06. The third-order valence-corrected chi connectivity index (χ3v) is 5.00. The lowest BCUT2D eigenvalue weighted by Gasteiger charge is -2.44. The van der Waals surface area contributed by atoms with E-state index in [0.29, 0.717) is 28.4 Å². The first kappa shape index (κ1) is 15.5. The lowest BCUT2D eigenvalue weighted by molar-refractivity contribution is -0.00949. The Hall–Kier alpha value is -1.99. The molecule has 0 spiro atoms. The molecule has 7 heteroatoms. The van der Waals surface area contributed by atoms with E-state index in [-0.39, 0.29) is 11.9 Å². The normalized spacial score (nSPS) is 24.8. The Bertz CT molecular complexity index is 761. The molecule has 24 heavy (non-hydrogen) atoms. The minimum Gasteiger partial charge on any atom is -0.379 e. The molecule has 1 aliphatic carbocycles. The maximum atomic E-state index is 12.7. The molecule has 2 aromatic rings. The zero-order valence-corrected chi connectivity index (χ0v) is 14.0. The second-order valence-electron chi connectivity index (χ2n) is 6.70. The van der Waals surface area contributed by atoms with Crippen molar-refractivity contribution in [3.63, 3.8) is 0 Å². The van der Waals surface area contributed by atoms with Gasteiger partial charge in [0.25, 0.3) is 11.6 Å². The largest absolute Gasteiger partial charge is 0.379 e. The topological polar surface area (TPSA) is 80.5 Å². The molecular formula is C17H22N4O3. The van der Waals surface area contributed by atoms with Crippen LogP contribution in [-0.4, -0.2) is 59.3 Å². The summed E-state index contributed by atoms with van der Waals surface area (Å²) >= 11 is 0. The Morgan fingerprint density at radius 1 is 1.29 bits per heavy atom. The number of nitrogens with one attached hydrogen (secondary N) is 1. The van der Waals surface area contributed by atoms with Crippen LogP contribution in [0.15, 0.2) is 10.6 Å². The molecule has 0 radical (unpaired) electrons. The number of aryl methyl sites for hydroxylation is 2. The van der Waals surface area contributed by atoms with E-state index in [1.54, 1.807) is 6.07 Å². The molecule has 1 aliphatic heterocycles. The monoisotopic (exact) mass is 330 g/mol. The van der Waals surface area contributed by atoms with Crippen molar-refractivity contribution in [1.29, 1.82) is 0 Å². The minimum atomic E-state index is -0.0674. The fourth-order valence-corrected chi connectivity index (χ4v) is 3.61. The van der Waals surface area contributed by atoms with E-state index >= 15 is 0 Å². The Kier molecular flexibility index (Phi) is 3.97. The number of aromatic nitrogens is 2. The lowest BCUT2D eigenvalue weighted by atomic mass is 9.85. The number of rotatable bonds is 3. The van der Waals surface area contributed by atoms with Gasteiger partial charge in [-0.05, 0) is 32.8 Å². The Balaban J connectivity index is 1.43. The zero-order valence-electron chi connectivity index (χ0n) is 14.0. The van der Waals surface area contributed by atoms with Crippen molar-refractivity contribution in [3.05, 3.63) is 23.0 Å². The smallest absolute Gasteiger partial charge is 0.258 e. The number of ether oxygens (including phenoxy) is 1. The predicted octanol–water partition coefficient (Wildman–Crippen LogP) is 1.43. The SMILES string of the molecule is Cc1cc(C(=O)NC2CC(N3CCOCC3)C2)c2c(C)noc2n1. The van der Waals surface area contributed by atoms with Gasteiger partial charge in [0, 0.05) is 30.9 Å². The van der Waals surface area contributed by atoms with E-state index in [9.17, 15) is 4.79 Å². The Labute approximate surface area is 140 Å². The number of carbonyl (C=O) groups excluding carboxylic acids is 1. The average molecular weight is 330 g/mol. The fourth-order valence-electron chi connectivity index (χ4n) is 3.61. The third-order valence-electron chi connectivity index (χ3n) is 5.00. The van der Waals surface area contributed by atoms with Crippen molar-refractivity contribution in [2.45, 2.75) is 38.8 Å². The van der Waals surface area contributed by atoms with Gasteiger partial charge in [-0.1, -0.05) is 5.16 Å². The summed E-state index contributed by atoms with van der Waals surface area (Å²) in [6.07, 6.45) is 2.00. The van der Waals surface area contributed by atoms with Gasteiger partial charge in [0.1, 0.15) is 0 Å². The molecule has 2 fully saturated rings. The molecule has 2 aliphatic rings. The van der Waals surface area contributed by atoms with E-state index in [1.807, 2.05) is 13.8 Å². The van der Waals surface area contributed by atoms with Crippen LogP contribution in [0.5, 0.6) is 0 Å². The zero-order chi connectivity index (χ0) is 16.7. The number of nitrogens with zero attached hydrogens (tertiary/aromatic N) is 3. The number of hydrogen-bond acceptors (Lipinski definition) is 6. The number of amides is 1. The van der Waals surface area contributed by atoms with Crippen LogP contribution >= 0.6 is 0 Å². The van der Waals surface area contributed by atoms with Crippen LogP contribution < -0.4 is 5.32 Å². The average Bonchev–Trinajstić information content (AvgIpc) is 2.91. The van der Waals surface area contributed by atoms with Gasteiger partial charge in [-0.3, -0.25) is 9.69 Å². The first-order chi connectivity index (χ1) is 11.6. The summed E-state index contributed by atoms with van der Waals surface area (Å²) in [5.41, 5.74) is 2.48. The van der Waals surface area contributed by atoms with Crippen LogP contribution in [0.3, 0.4) is 0 Å². The first-order valence-electron chi connectivity index (χ1n) is 8.48. The van der Waals surface area contributed by atoms with E-state index in [2.05, 4.69) is 20.4 Å². The van der Waals surface area contributed by atoms with Crippen molar-refractivity contribution in [1.82, 2.24) is 20.4 Å². The van der Waals surface area contributed by atoms with Gasteiger partial charge < -0.3 is 14.6 Å². The molecule has 128 valence electrons. The standard InChI is InChI=1S/C17H22N4O3/c1-10-7-14(15-11(2)20-24-17(15)18-10)16(22)19-12-8-13(9-12)21-3-5-23-6-4-21/h7,12-13H,3-6,8-9H2,1-2H3,(H,19,22). The van der Waals surface area contributed by atoms with Crippen LogP contribution in [0.2, 0.25) is 0 Å². The molecule has 0 aromatic carbocycles. The number of hydrogen-bond donors (Lipinski definition) is 1. The summed E-state index contributed by atoms with van der Waals surface area (Å²) in [6, 6.07) is 2.60. The summed E-state index contributed by atoms with van der Waals surface area (Å²) < 4.78 is 10.6. The molecule has 7 nitrogen and oxygen atoms in total. The maximum absolute atomic E-state index is 12.7. The third kappa shape index (κ3) is 2.78. The fraction of sp³-hybridized carbons (Fsp3) is 0.588. The van der Waals surface area contributed by atoms with Gasteiger partial charge in [0.15, 0.2) is 0 Å². The summed E-state index contributed by atoms with van der Waals surface area (Å²) in [4.78, 5) is 19.5. The van der Waals surface area contributed by atoms with E-state index < -0.39 is 0 Å². The number of fused-ring (bicyclic) bond motifs is 1. The van der Waals surface area contributed by atoms with Crippen LogP contribution in [0, 0.1) is 13.8 Å². The van der Waals surface area contributed by atoms with Gasteiger partial charge in [-0.2, -0.15) is 0 Å². The summed E-state index contributed by atoms with van der Waals surface area (Å²) in [6.45, 7) is 7.30. The highest BCUT2D eigenvalue weighted by Gasteiger charge is 2.35. The highest BCUT2D eigenvalue weighted by Crippen LogP contribution is 2.28. The molecule has 1 amide bonds. The second kappa shape index (κ2) is 6.14. The Morgan fingerprint density at radius 2 is 2.04 bits per heavy atom. The van der Waals surface area contributed by atoms with Gasteiger partial charge in [-0.25, -0.2) is 4.98 Å². The van der Waals surface area contributed by atoms with Crippen LogP contribution in [-0.2, 0) is 4.74 Å². The van der Waals surface area contributed by atoms with Crippen LogP contribution in [0.1, 0.15) is 34.6 Å². The first-order valence-corrected chi connectivity index (χ1v) is 8.48. The highest BCUT2D eigenvalue weighted by atomic mass is 16.5. The number of carbonyl (C=O) groups is 1. The molecule has 0 atom stereocenters. The van der Waals surface area contributed by atoms with Crippen molar-refractivity contribution in [2.24, 2.45) is 0 Å². The van der Waals surface area contributed by atoms with Crippen molar-refractivity contribution >= 4 is 17.0 Å². The van der Waals surface area contributed by atoms with Gasteiger partial charge in [0.05, 0.1) is 29.9 Å². The van der Waals surface area contributed by atoms with E-state index in [4.69, 9.17) is 9.26 Å². The van der Waals surface area contributed by atoms with Crippen LogP contribution in [0.25, 0.3) is 11.1 Å². The molecule has 3 heterocycles. The Morgan fingerprint density at radius 3 is 2.79 bits per heavy atom. The maximum Gasteiger partial charge on any atom is 0.258 e. The molecule has 2 aromatic heterocycles. The summed E-state index contributed by atoms with van der Waals surface area (Å²) in [5, 5.41) is 7.78. The van der Waals surface area contributed by atoms with Crippen molar-refractivity contribution in [3.8, 4) is 0 Å². The summed E-state index contributed by atoms with van der Waals surface area (Å²) in [5.74, 6) is -0.0674. The molecule has 0 bridgehead atoms. The molecule has 1 saturated carbocycles. The lowest BCUT2D eigenvalue weighted by Crippen LogP contribution is -2.56. The van der Waals surface area contributed by atoms with Gasteiger partial charge in [-0.15, -0.1) is 0 Å². The van der Waals surface area contributed by atoms with Crippen molar-refractivity contribution in [2.75, 3.05) is 26.3 Å². The molecule has 1 saturated heterocycles. The van der Waals surface area contributed by atoms with Crippen molar-refractivity contribution < 1.29 is 14.1 Å². The second-order valence-corrected chi connectivity index (χ2v) is 6.70. The molecular weight excluding hydrogens is 308 g/mol. The minimum absolute atomic E-state index is 0.0674. The summed E-state index contributed by atoms with van der Waals surface area (Å²) in [7, 11) is 0. The number of morpholine rings is 1. The van der Waals surface area contributed by atoms with Gasteiger partial charge in [0.2, 0.25) is 0 Å².